The third kappa shape index (κ3) is 6.21. The van der Waals surface area contributed by atoms with E-state index in [1.54, 1.807) is 6.08 Å². The van der Waals surface area contributed by atoms with Crippen LogP contribution in [-0.4, -0.2) is 28.1 Å². The van der Waals surface area contributed by atoms with E-state index in [9.17, 15) is 19.8 Å². The van der Waals surface area contributed by atoms with Crippen LogP contribution in [-0.2, 0) is 14.3 Å². The molecular formula is C21H28O5. The Labute approximate surface area is 154 Å². The maximum atomic E-state index is 12.7. The minimum absolute atomic E-state index is 0.0305. The molecule has 2 N–H and O–H groups in total. The van der Waals surface area contributed by atoms with Crippen molar-refractivity contribution in [2.24, 2.45) is 5.92 Å². The van der Waals surface area contributed by atoms with Crippen LogP contribution in [0.15, 0.2) is 47.5 Å². The molecule has 0 aromatic rings. The lowest BCUT2D eigenvalue weighted by atomic mass is 9.93. The van der Waals surface area contributed by atoms with E-state index in [0.717, 1.165) is 12.8 Å². The normalized spacial score (nSPS) is 29.5. The molecule has 1 heterocycles. The van der Waals surface area contributed by atoms with Crippen molar-refractivity contribution >= 4 is 11.8 Å². The highest BCUT2D eigenvalue weighted by Gasteiger charge is 2.25. The number of hydrogen-bond donors (Lipinski definition) is 2. The molecule has 0 saturated carbocycles. The van der Waals surface area contributed by atoms with E-state index in [2.05, 4.69) is 0 Å². The van der Waals surface area contributed by atoms with E-state index in [-0.39, 0.29) is 29.8 Å². The van der Waals surface area contributed by atoms with Crippen molar-refractivity contribution in [3.05, 3.63) is 47.5 Å². The summed E-state index contributed by atoms with van der Waals surface area (Å²) in [6.45, 7) is 1.95. The number of carbonyl (C=O) groups excluding carboxylic acids is 2. The number of carbonyl (C=O) groups is 2. The molecule has 2 unspecified atom stereocenters. The summed E-state index contributed by atoms with van der Waals surface area (Å²) in [5.41, 5.74) is 0.680. The number of esters is 1. The smallest absolute Gasteiger partial charge is 0.317 e. The van der Waals surface area contributed by atoms with Gasteiger partial charge in [0.2, 0.25) is 0 Å². The summed E-state index contributed by atoms with van der Waals surface area (Å²) in [5, 5.41) is 19.8. The molecule has 2 aliphatic rings. The SMILES string of the molecule is CCC1CCCC(=O)CCC/C=C/C2=CC/C(O)=C\C(O)=CC2C(=O)O1. The summed E-state index contributed by atoms with van der Waals surface area (Å²) >= 11 is 0. The molecule has 0 fully saturated rings. The number of rotatable bonds is 1. The van der Waals surface area contributed by atoms with Crippen LogP contribution < -0.4 is 0 Å². The highest BCUT2D eigenvalue weighted by molar-refractivity contribution is 5.80. The number of aliphatic hydroxyl groups excluding tert-OH is 2. The molecule has 5 heteroatoms. The molecule has 0 aromatic carbocycles. The van der Waals surface area contributed by atoms with E-state index in [0.29, 0.717) is 37.7 Å². The van der Waals surface area contributed by atoms with Crippen LogP contribution in [0.4, 0.5) is 0 Å². The summed E-state index contributed by atoms with van der Waals surface area (Å²) < 4.78 is 5.66. The van der Waals surface area contributed by atoms with E-state index >= 15 is 0 Å². The van der Waals surface area contributed by atoms with Gasteiger partial charge in [-0.25, -0.2) is 0 Å². The molecule has 0 radical (unpaired) electrons. The summed E-state index contributed by atoms with van der Waals surface area (Å²) in [5.74, 6) is -1.000. The first-order valence-corrected chi connectivity index (χ1v) is 9.38. The van der Waals surface area contributed by atoms with Gasteiger partial charge in [-0.15, -0.1) is 0 Å². The zero-order valence-corrected chi connectivity index (χ0v) is 15.3. The molecule has 0 bridgehead atoms. The highest BCUT2D eigenvalue weighted by Crippen LogP contribution is 2.25. The zero-order chi connectivity index (χ0) is 18.9. The number of aliphatic hydroxyl groups is 2. The number of ether oxygens (including phenoxy) is 1. The molecule has 5 nitrogen and oxygen atoms in total. The van der Waals surface area contributed by atoms with E-state index < -0.39 is 11.9 Å². The van der Waals surface area contributed by atoms with Crippen LogP contribution >= 0.6 is 0 Å². The van der Waals surface area contributed by atoms with Crippen LogP contribution in [0.2, 0.25) is 0 Å². The van der Waals surface area contributed by atoms with Gasteiger partial charge in [0.25, 0.3) is 0 Å². The molecule has 0 amide bonds. The largest absolute Gasteiger partial charge is 0.512 e. The molecule has 1 aliphatic carbocycles. The number of hydrogen-bond acceptors (Lipinski definition) is 5. The molecule has 142 valence electrons. The molecule has 2 rings (SSSR count). The Kier molecular flexibility index (Phi) is 7.70. The molecular weight excluding hydrogens is 332 g/mol. The van der Waals surface area contributed by atoms with Gasteiger partial charge in [0.1, 0.15) is 23.6 Å². The predicted molar refractivity (Wildman–Crippen MR) is 99.6 cm³/mol. The minimum Gasteiger partial charge on any atom is -0.512 e. The van der Waals surface area contributed by atoms with Gasteiger partial charge in [-0.3, -0.25) is 9.59 Å². The van der Waals surface area contributed by atoms with E-state index in [1.807, 2.05) is 19.1 Å². The van der Waals surface area contributed by atoms with Crippen LogP contribution in [0, 0.1) is 5.92 Å². The molecule has 2 atom stereocenters. The molecule has 0 saturated heterocycles. The average molecular weight is 360 g/mol. The quantitative estimate of drug-likeness (QED) is 0.667. The average Bonchev–Trinajstić information content (AvgIpc) is 2.59. The topological polar surface area (TPSA) is 83.8 Å². The van der Waals surface area contributed by atoms with Gasteiger partial charge in [-0.05, 0) is 43.8 Å². The predicted octanol–water partition coefficient (Wildman–Crippen LogP) is 4.62. The van der Waals surface area contributed by atoms with Crippen molar-refractivity contribution < 1.29 is 24.5 Å². The van der Waals surface area contributed by atoms with Crippen molar-refractivity contribution in [1.29, 1.82) is 0 Å². The van der Waals surface area contributed by atoms with Crippen molar-refractivity contribution in [1.82, 2.24) is 0 Å². The standard InChI is InChI=1S/C21H28O5/c1-2-19-10-6-9-16(22)8-5-3-4-7-15-11-12-17(23)13-18(24)14-20(15)21(25)26-19/h4,7,11,13-14,19-20,23-24H,2-3,5-6,8-10,12H2,1H3/b7-4+,15-11?,17-13+,18-14?. The van der Waals surface area contributed by atoms with E-state index in [1.165, 1.54) is 12.2 Å². The Hall–Kier alpha value is -2.30. The van der Waals surface area contributed by atoms with Crippen molar-refractivity contribution in [3.8, 4) is 0 Å². The first-order valence-electron chi connectivity index (χ1n) is 9.38. The van der Waals surface area contributed by atoms with Gasteiger partial charge in [0.15, 0.2) is 0 Å². The number of cyclic esters (lactones) is 1. The van der Waals surface area contributed by atoms with Crippen molar-refractivity contribution in [2.75, 3.05) is 0 Å². The fraction of sp³-hybridized carbons (Fsp3) is 0.524. The Morgan fingerprint density at radius 1 is 1.19 bits per heavy atom. The maximum Gasteiger partial charge on any atom is 0.317 e. The summed E-state index contributed by atoms with van der Waals surface area (Å²) in [6, 6.07) is 0. The van der Waals surface area contributed by atoms with Gasteiger partial charge in [-0.1, -0.05) is 25.2 Å². The first-order chi connectivity index (χ1) is 12.5. The summed E-state index contributed by atoms with van der Waals surface area (Å²) in [4.78, 5) is 24.6. The first kappa shape index (κ1) is 20.0. The second-order valence-corrected chi connectivity index (χ2v) is 6.81. The summed E-state index contributed by atoms with van der Waals surface area (Å²) in [7, 11) is 0. The zero-order valence-electron chi connectivity index (χ0n) is 15.3. The van der Waals surface area contributed by atoms with Crippen LogP contribution in [0.1, 0.15) is 58.3 Å². The summed E-state index contributed by atoms with van der Waals surface area (Å²) in [6.07, 6.45) is 12.8. The van der Waals surface area contributed by atoms with Gasteiger partial charge in [0.05, 0.1) is 5.76 Å². The second kappa shape index (κ2) is 10.00. The van der Waals surface area contributed by atoms with Crippen LogP contribution in [0.25, 0.3) is 0 Å². The molecule has 0 aromatic heterocycles. The third-order valence-electron chi connectivity index (χ3n) is 4.67. The van der Waals surface area contributed by atoms with Gasteiger partial charge >= 0.3 is 5.97 Å². The minimum atomic E-state index is -0.714. The number of ketones is 1. The lowest BCUT2D eigenvalue weighted by Crippen LogP contribution is -2.25. The molecule has 1 aliphatic heterocycles. The van der Waals surface area contributed by atoms with Crippen molar-refractivity contribution in [3.63, 3.8) is 0 Å². The van der Waals surface area contributed by atoms with E-state index in [4.69, 9.17) is 4.74 Å². The van der Waals surface area contributed by atoms with Crippen LogP contribution in [0.3, 0.4) is 0 Å². The monoisotopic (exact) mass is 360 g/mol. The Morgan fingerprint density at radius 3 is 2.73 bits per heavy atom. The molecule has 26 heavy (non-hydrogen) atoms. The number of Topliss-reactive ketones (excluding diaryl/α,β-unsaturated/α-hetero) is 1. The Morgan fingerprint density at radius 2 is 1.96 bits per heavy atom. The molecule has 0 spiro atoms. The van der Waals surface area contributed by atoms with Crippen molar-refractivity contribution in [2.45, 2.75) is 64.4 Å². The third-order valence-corrected chi connectivity index (χ3v) is 4.67. The highest BCUT2D eigenvalue weighted by atomic mass is 16.5. The Balaban J connectivity index is 2.30. The second-order valence-electron chi connectivity index (χ2n) is 6.81. The van der Waals surface area contributed by atoms with Crippen LogP contribution in [0.5, 0.6) is 0 Å². The lowest BCUT2D eigenvalue weighted by molar-refractivity contribution is -0.151. The number of fused-ring (bicyclic) bond motifs is 1. The maximum absolute atomic E-state index is 12.7. The van der Waals surface area contributed by atoms with Gasteiger partial charge in [0, 0.05) is 25.3 Å². The fourth-order valence-electron chi connectivity index (χ4n) is 3.14. The van der Waals surface area contributed by atoms with Gasteiger partial charge in [-0.2, -0.15) is 0 Å². The Bertz CT molecular complexity index is 639. The van der Waals surface area contributed by atoms with Gasteiger partial charge < -0.3 is 14.9 Å². The lowest BCUT2D eigenvalue weighted by Gasteiger charge is -2.21. The fourth-order valence-corrected chi connectivity index (χ4v) is 3.14. The number of allylic oxidation sites excluding steroid dienone is 4.